The maximum Gasteiger partial charge on any atom is 0.257 e. The fourth-order valence-electron chi connectivity index (χ4n) is 5.14. The molecule has 4 aromatic rings. The molecular weight excluding hydrogens is 493 g/mol. The SMILES string of the molecule is CCN1[C@H](C)CN(c2ccc(C(=O)Nc3ccc(Cl)c(-c4nc5ccccc5[nH]4)c3)c(Cl)c2)C[C@@H]1C. The van der Waals surface area contributed by atoms with Crippen molar-refractivity contribution in [2.45, 2.75) is 32.9 Å². The predicted molar refractivity (Wildman–Crippen MR) is 149 cm³/mol. The lowest BCUT2D eigenvalue weighted by molar-refractivity contribution is 0.102. The fraction of sp³-hybridized carbons (Fsp3) is 0.286. The van der Waals surface area contributed by atoms with Gasteiger partial charge < -0.3 is 15.2 Å². The van der Waals surface area contributed by atoms with Crippen LogP contribution in [0.1, 0.15) is 31.1 Å². The number of amides is 1. The number of fused-ring (bicyclic) bond motifs is 1. The van der Waals surface area contributed by atoms with Crippen molar-refractivity contribution in [3.8, 4) is 11.4 Å². The van der Waals surface area contributed by atoms with E-state index in [9.17, 15) is 4.79 Å². The number of nitrogens with one attached hydrogen (secondary N) is 2. The molecule has 0 radical (unpaired) electrons. The molecule has 2 N–H and O–H groups in total. The van der Waals surface area contributed by atoms with Gasteiger partial charge in [0.2, 0.25) is 0 Å². The topological polar surface area (TPSA) is 64.3 Å². The van der Waals surface area contributed by atoms with Gasteiger partial charge in [-0.15, -0.1) is 0 Å². The Morgan fingerprint density at radius 2 is 1.78 bits per heavy atom. The molecule has 0 aliphatic carbocycles. The van der Waals surface area contributed by atoms with Crippen LogP contribution in [0.4, 0.5) is 11.4 Å². The number of H-pyrrole nitrogens is 1. The van der Waals surface area contributed by atoms with E-state index in [1.165, 1.54) is 0 Å². The number of piperazine rings is 1. The van der Waals surface area contributed by atoms with Gasteiger partial charge in [-0.3, -0.25) is 9.69 Å². The number of aromatic amines is 1. The summed E-state index contributed by atoms with van der Waals surface area (Å²) in [6.45, 7) is 9.60. The van der Waals surface area contributed by atoms with Crippen LogP contribution in [0, 0.1) is 0 Å². The number of carbonyl (C=O) groups is 1. The molecule has 1 amide bonds. The Hall–Kier alpha value is -3.06. The quantitative estimate of drug-likeness (QED) is 0.306. The van der Waals surface area contributed by atoms with E-state index in [1.54, 1.807) is 18.2 Å². The van der Waals surface area contributed by atoms with E-state index < -0.39 is 0 Å². The Labute approximate surface area is 221 Å². The summed E-state index contributed by atoms with van der Waals surface area (Å²) in [5, 5.41) is 3.92. The van der Waals surface area contributed by atoms with E-state index in [4.69, 9.17) is 23.2 Å². The van der Waals surface area contributed by atoms with Crippen molar-refractivity contribution in [3.63, 3.8) is 0 Å². The van der Waals surface area contributed by atoms with E-state index in [-0.39, 0.29) is 5.91 Å². The molecule has 2 heterocycles. The second kappa shape index (κ2) is 10.1. The number of hydrogen-bond acceptors (Lipinski definition) is 4. The van der Waals surface area contributed by atoms with Gasteiger partial charge in [-0.05, 0) is 68.9 Å². The van der Waals surface area contributed by atoms with Crippen LogP contribution in [0.5, 0.6) is 0 Å². The van der Waals surface area contributed by atoms with Crippen LogP contribution in [0.2, 0.25) is 10.0 Å². The van der Waals surface area contributed by atoms with Crippen molar-refractivity contribution in [2.24, 2.45) is 0 Å². The third-order valence-electron chi connectivity index (χ3n) is 6.90. The number of hydrogen-bond donors (Lipinski definition) is 2. The average Bonchev–Trinajstić information content (AvgIpc) is 3.29. The summed E-state index contributed by atoms with van der Waals surface area (Å²) in [6.07, 6.45) is 0. The summed E-state index contributed by atoms with van der Waals surface area (Å²) in [6, 6.07) is 19.7. The number of nitrogens with zero attached hydrogens (tertiary/aromatic N) is 3. The number of likely N-dealkylation sites (N-methyl/N-ethyl adjacent to an activating group) is 1. The first-order chi connectivity index (χ1) is 17.3. The maximum absolute atomic E-state index is 13.1. The molecule has 8 heteroatoms. The van der Waals surface area contributed by atoms with Gasteiger partial charge in [0, 0.05) is 42.1 Å². The smallest absolute Gasteiger partial charge is 0.257 e. The Bertz CT molecular complexity index is 1370. The first-order valence-electron chi connectivity index (χ1n) is 12.2. The Morgan fingerprint density at radius 3 is 2.47 bits per heavy atom. The second-order valence-electron chi connectivity index (χ2n) is 9.35. The van der Waals surface area contributed by atoms with E-state index in [1.807, 2.05) is 42.5 Å². The zero-order chi connectivity index (χ0) is 25.4. The fourth-order valence-corrected chi connectivity index (χ4v) is 5.61. The van der Waals surface area contributed by atoms with Gasteiger partial charge in [0.25, 0.3) is 5.91 Å². The van der Waals surface area contributed by atoms with Crippen LogP contribution in [-0.2, 0) is 0 Å². The highest BCUT2D eigenvalue weighted by Crippen LogP contribution is 2.32. The number of carbonyl (C=O) groups excluding carboxylic acids is 1. The summed E-state index contributed by atoms with van der Waals surface area (Å²) >= 11 is 13.1. The second-order valence-corrected chi connectivity index (χ2v) is 10.2. The number of aromatic nitrogens is 2. The zero-order valence-corrected chi connectivity index (χ0v) is 22.1. The van der Waals surface area contributed by atoms with Crippen LogP contribution < -0.4 is 10.2 Å². The molecule has 1 saturated heterocycles. The van der Waals surface area contributed by atoms with Gasteiger partial charge in [0.15, 0.2) is 0 Å². The average molecular weight is 522 g/mol. The largest absolute Gasteiger partial charge is 0.368 e. The number of anilines is 2. The molecule has 2 atom stereocenters. The molecule has 0 spiro atoms. The Morgan fingerprint density at radius 1 is 1.03 bits per heavy atom. The van der Waals surface area contributed by atoms with Crippen LogP contribution in [0.3, 0.4) is 0 Å². The lowest BCUT2D eigenvalue weighted by Gasteiger charge is -2.45. The van der Waals surface area contributed by atoms with Crippen molar-refractivity contribution >= 4 is 51.5 Å². The highest BCUT2D eigenvalue weighted by atomic mass is 35.5. The van der Waals surface area contributed by atoms with Crippen molar-refractivity contribution in [1.29, 1.82) is 0 Å². The number of halogens is 2. The van der Waals surface area contributed by atoms with Crippen LogP contribution in [-0.4, -0.2) is 52.5 Å². The van der Waals surface area contributed by atoms with E-state index in [2.05, 4.69) is 45.9 Å². The van der Waals surface area contributed by atoms with E-state index in [0.717, 1.165) is 36.4 Å². The minimum Gasteiger partial charge on any atom is -0.368 e. The molecule has 0 saturated carbocycles. The molecule has 0 unspecified atom stereocenters. The molecule has 36 heavy (non-hydrogen) atoms. The van der Waals surface area contributed by atoms with Gasteiger partial charge in [-0.25, -0.2) is 4.98 Å². The monoisotopic (exact) mass is 521 g/mol. The van der Waals surface area contributed by atoms with Crippen molar-refractivity contribution in [2.75, 3.05) is 29.9 Å². The van der Waals surface area contributed by atoms with Gasteiger partial charge in [0.05, 0.1) is 26.6 Å². The van der Waals surface area contributed by atoms with Crippen molar-refractivity contribution < 1.29 is 4.79 Å². The zero-order valence-electron chi connectivity index (χ0n) is 20.6. The molecule has 0 bridgehead atoms. The van der Waals surface area contributed by atoms with Crippen LogP contribution in [0.25, 0.3) is 22.4 Å². The molecule has 1 aliphatic heterocycles. The lowest BCUT2D eigenvalue weighted by atomic mass is 10.1. The molecule has 186 valence electrons. The predicted octanol–water partition coefficient (Wildman–Crippen LogP) is 6.71. The number of benzene rings is 3. The summed E-state index contributed by atoms with van der Waals surface area (Å²) in [5.41, 5.74) is 4.55. The van der Waals surface area contributed by atoms with Crippen LogP contribution in [0.15, 0.2) is 60.7 Å². The summed E-state index contributed by atoms with van der Waals surface area (Å²) in [4.78, 5) is 25.9. The Balaban J connectivity index is 1.34. The molecule has 1 aromatic heterocycles. The van der Waals surface area contributed by atoms with Gasteiger partial charge in [-0.2, -0.15) is 0 Å². The summed E-state index contributed by atoms with van der Waals surface area (Å²) < 4.78 is 0. The third-order valence-corrected chi connectivity index (χ3v) is 7.54. The van der Waals surface area contributed by atoms with Crippen molar-refractivity contribution in [3.05, 3.63) is 76.3 Å². The maximum atomic E-state index is 13.1. The van der Waals surface area contributed by atoms with Crippen molar-refractivity contribution in [1.82, 2.24) is 14.9 Å². The first kappa shape index (κ1) is 24.6. The minimum absolute atomic E-state index is 0.276. The first-order valence-corrected chi connectivity index (χ1v) is 13.0. The van der Waals surface area contributed by atoms with Gasteiger partial charge in [0.1, 0.15) is 5.82 Å². The van der Waals surface area contributed by atoms with Gasteiger partial charge >= 0.3 is 0 Å². The van der Waals surface area contributed by atoms with Gasteiger partial charge in [-0.1, -0.05) is 42.3 Å². The molecule has 6 nitrogen and oxygen atoms in total. The highest BCUT2D eigenvalue weighted by molar-refractivity contribution is 6.35. The molecule has 1 aliphatic rings. The number of rotatable bonds is 5. The van der Waals surface area contributed by atoms with E-state index >= 15 is 0 Å². The summed E-state index contributed by atoms with van der Waals surface area (Å²) in [5.74, 6) is 0.369. The number of imidazole rings is 1. The molecular formula is C28H29Cl2N5O. The third kappa shape index (κ3) is 4.81. The lowest BCUT2D eigenvalue weighted by Crippen LogP contribution is -2.56. The normalized spacial score (nSPS) is 18.5. The number of para-hydroxylation sites is 2. The standard InChI is InChI=1S/C28H29Cl2N5O/c1-4-35-17(2)15-34(16-18(35)3)20-10-11-21(24(30)14-20)28(36)31-19-9-12-23(29)22(13-19)27-32-25-7-5-6-8-26(25)33-27/h5-14,17-18H,4,15-16H2,1-3H3,(H,31,36)(H,32,33)/t17-,18+. The molecule has 1 fully saturated rings. The van der Waals surface area contributed by atoms with E-state index in [0.29, 0.717) is 44.8 Å². The minimum atomic E-state index is -0.276. The highest BCUT2D eigenvalue weighted by Gasteiger charge is 2.28. The van der Waals surface area contributed by atoms with Crippen LogP contribution >= 0.6 is 23.2 Å². The summed E-state index contributed by atoms with van der Waals surface area (Å²) in [7, 11) is 0. The molecule has 3 aromatic carbocycles. The molecule has 5 rings (SSSR count). The Kier molecular flexibility index (Phi) is 6.93.